The van der Waals surface area contributed by atoms with Crippen LogP contribution in [0.2, 0.25) is 0 Å². The molecule has 1 aromatic rings. The van der Waals surface area contributed by atoms with Crippen LogP contribution in [0.3, 0.4) is 0 Å². The fraction of sp³-hybridized carbons (Fsp3) is 0.308. The Morgan fingerprint density at radius 3 is 2.75 bits per heavy atom. The summed E-state index contributed by atoms with van der Waals surface area (Å²) in [6.45, 7) is 0.750. The minimum Gasteiger partial charge on any atom is -0.356 e. The Bertz CT molecular complexity index is 408. The van der Waals surface area contributed by atoms with Gasteiger partial charge in [0.25, 0.3) is 0 Å². The molecular formula is C13H14FNO. The van der Waals surface area contributed by atoms with Gasteiger partial charge in [0.15, 0.2) is 0 Å². The molecule has 0 atom stereocenters. The molecule has 1 aliphatic rings. The molecule has 0 aromatic heterocycles. The van der Waals surface area contributed by atoms with Crippen molar-refractivity contribution in [3.63, 3.8) is 0 Å². The van der Waals surface area contributed by atoms with E-state index in [1.54, 1.807) is 12.1 Å². The van der Waals surface area contributed by atoms with Crippen LogP contribution in [0.4, 0.5) is 4.39 Å². The van der Waals surface area contributed by atoms with Crippen molar-refractivity contribution in [2.24, 2.45) is 0 Å². The lowest BCUT2D eigenvalue weighted by Gasteiger charge is -2.01. The quantitative estimate of drug-likeness (QED) is 0.772. The fourth-order valence-corrected chi connectivity index (χ4v) is 1.82. The van der Waals surface area contributed by atoms with Gasteiger partial charge in [-0.3, -0.25) is 4.79 Å². The molecule has 84 valence electrons. The van der Waals surface area contributed by atoms with Crippen molar-refractivity contribution in [1.82, 2.24) is 5.32 Å². The summed E-state index contributed by atoms with van der Waals surface area (Å²) in [5.41, 5.74) is 2.06. The maximum atomic E-state index is 12.7. The second-order valence-electron chi connectivity index (χ2n) is 3.98. The van der Waals surface area contributed by atoms with Crippen LogP contribution in [-0.2, 0) is 4.79 Å². The molecule has 3 heteroatoms. The standard InChI is InChI=1S/C13H14FNO/c14-12-5-3-10(4-6-12)8-11-2-1-7-15-13(16)9-11/h3-6,8H,1-2,7,9H2,(H,15,16). The zero-order valence-corrected chi connectivity index (χ0v) is 9.00. The minimum atomic E-state index is -0.235. The summed E-state index contributed by atoms with van der Waals surface area (Å²) in [4.78, 5) is 11.3. The molecule has 2 rings (SSSR count). The number of hydrogen-bond donors (Lipinski definition) is 1. The molecule has 1 N–H and O–H groups in total. The summed E-state index contributed by atoms with van der Waals surface area (Å²) in [6.07, 6.45) is 4.33. The van der Waals surface area contributed by atoms with Gasteiger partial charge < -0.3 is 5.32 Å². The molecule has 1 fully saturated rings. The van der Waals surface area contributed by atoms with Crippen molar-refractivity contribution in [1.29, 1.82) is 0 Å². The highest BCUT2D eigenvalue weighted by molar-refractivity contribution is 5.80. The monoisotopic (exact) mass is 219 g/mol. The van der Waals surface area contributed by atoms with Gasteiger partial charge in [-0.25, -0.2) is 4.39 Å². The van der Waals surface area contributed by atoms with Crippen molar-refractivity contribution in [2.45, 2.75) is 19.3 Å². The van der Waals surface area contributed by atoms with Crippen LogP contribution in [0.25, 0.3) is 6.08 Å². The molecular weight excluding hydrogens is 205 g/mol. The Hall–Kier alpha value is -1.64. The van der Waals surface area contributed by atoms with Gasteiger partial charge >= 0.3 is 0 Å². The van der Waals surface area contributed by atoms with Gasteiger partial charge in [-0.1, -0.05) is 23.8 Å². The molecule has 2 nitrogen and oxygen atoms in total. The van der Waals surface area contributed by atoms with Gasteiger partial charge in [0.1, 0.15) is 5.82 Å². The van der Waals surface area contributed by atoms with E-state index in [2.05, 4.69) is 5.32 Å². The summed E-state index contributed by atoms with van der Waals surface area (Å²) in [5, 5.41) is 2.83. The summed E-state index contributed by atoms with van der Waals surface area (Å²) in [7, 11) is 0. The molecule has 1 heterocycles. The predicted molar refractivity (Wildman–Crippen MR) is 61.2 cm³/mol. The molecule has 1 saturated heterocycles. The van der Waals surface area contributed by atoms with Crippen LogP contribution in [-0.4, -0.2) is 12.5 Å². The van der Waals surface area contributed by atoms with Crippen LogP contribution in [0.1, 0.15) is 24.8 Å². The van der Waals surface area contributed by atoms with E-state index in [9.17, 15) is 9.18 Å². The number of nitrogens with one attached hydrogen (secondary N) is 1. The summed E-state index contributed by atoms with van der Waals surface area (Å²) >= 11 is 0. The molecule has 0 spiro atoms. The van der Waals surface area contributed by atoms with E-state index in [0.29, 0.717) is 6.42 Å². The lowest BCUT2D eigenvalue weighted by atomic mass is 10.0. The molecule has 0 bridgehead atoms. The first-order valence-corrected chi connectivity index (χ1v) is 5.46. The van der Waals surface area contributed by atoms with Crippen LogP contribution in [0.15, 0.2) is 29.8 Å². The lowest BCUT2D eigenvalue weighted by Crippen LogP contribution is -2.21. The highest BCUT2D eigenvalue weighted by Gasteiger charge is 2.10. The molecule has 1 aliphatic heterocycles. The number of carbonyl (C=O) groups is 1. The zero-order valence-electron chi connectivity index (χ0n) is 9.00. The van der Waals surface area contributed by atoms with Crippen molar-refractivity contribution in [2.75, 3.05) is 6.54 Å². The van der Waals surface area contributed by atoms with E-state index in [-0.39, 0.29) is 11.7 Å². The van der Waals surface area contributed by atoms with E-state index in [1.165, 1.54) is 12.1 Å². The van der Waals surface area contributed by atoms with Gasteiger partial charge in [0, 0.05) is 13.0 Å². The number of hydrogen-bond acceptors (Lipinski definition) is 1. The molecule has 1 amide bonds. The van der Waals surface area contributed by atoms with Gasteiger partial charge in [-0.2, -0.15) is 0 Å². The third kappa shape index (κ3) is 2.92. The number of carbonyl (C=O) groups excluding carboxylic acids is 1. The first kappa shape index (κ1) is 10.9. The topological polar surface area (TPSA) is 29.1 Å². The minimum absolute atomic E-state index is 0.0749. The summed E-state index contributed by atoms with van der Waals surface area (Å²) < 4.78 is 12.7. The Morgan fingerprint density at radius 2 is 2.00 bits per heavy atom. The van der Waals surface area contributed by atoms with E-state index in [0.717, 1.165) is 30.5 Å². The van der Waals surface area contributed by atoms with Crippen LogP contribution in [0.5, 0.6) is 0 Å². The Labute approximate surface area is 94.2 Å². The number of rotatable bonds is 1. The van der Waals surface area contributed by atoms with E-state index in [1.807, 2.05) is 6.08 Å². The zero-order chi connectivity index (χ0) is 11.4. The highest BCUT2D eigenvalue weighted by Crippen LogP contribution is 2.17. The average molecular weight is 219 g/mol. The fourth-order valence-electron chi connectivity index (χ4n) is 1.82. The van der Waals surface area contributed by atoms with Gasteiger partial charge in [0.05, 0.1) is 0 Å². The van der Waals surface area contributed by atoms with Crippen molar-refractivity contribution in [3.8, 4) is 0 Å². The maximum absolute atomic E-state index is 12.7. The first-order chi connectivity index (χ1) is 7.74. The molecule has 0 aliphatic carbocycles. The Balaban J connectivity index is 2.15. The van der Waals surface area contributed by atoms with Crippen LogP contribution in [0, 0.1) is 5.82 Å². The number of halogens is 1. The van der Waals surface area contributed by atoms with Crippen LogP contribution >= 0.6 is 0 Å². The Morgan fingerprint density at radius 1 is 1.25 bits per heavy atom. The maximum Gasteiger partial charge on any atom is 0.224 e. The molecule has 16 heavy (non-hydrogen) atoms. The second kappa shape index (κ2) is 4.92. The number of benzene rings is 1. The van der Waals surface area contributed by atoms with E-state index < -0.39 is 0 Å². The van der Waals surface area contributed by atoms with Gasteiger partial charge in [0.2, 0.25) is 5.91 Å². The summed E-state index contributed by atoms with van der Waals surface area (Å²) in [6, 6.07) is 6.32. The summed E-state index contributed by atoms with van der Waals surface area (Å²) in [5.74, 6) is -0.161. The predicted octanol–water partition coefficient (Wildman–Crippen LogP) is 2.51. The lowest BCUT2D eigenvalue weighted by molar-refractivity contribution is -0.120. The van der Waals surface area contributed by atoms with E-state index in [4.69, 9.17) is 0 Å². The van der Waals surface area contributed by atoms with Crippen molar-refractivity contribution < 1.29 is 9.18 Å². The first-order valence-electron chi connectivity index (χ1n) is 5.46. The molecule has 0 radical (unpaired) electrons. The smallest absolute Gasteiger partial charge is 0.224 e. The average Bonchev–Trinajstić information content (AvgIpc) is 2.46. The molecule has 1 aromatic carbocycles. The largest absolute Gasteiger partial charge is 0.356 e. The van der Waals surface area contributed by atoms with Crippen molar-refractivity contribution in [3.05, 3.63) is 41.2 Å². The SMILES string of the molecule is O=C1CC(=Cc2ccc(F)cc2)CCCN1. The Kier molecular flexibility index (Phi) is 3.34. The van der Waals surface area contributed by atoms with Crippen LogP contribution < -0.4 is 5.32 Å². The second-order valence-corrected chi connectivity index (χ2v) is 3.98. The molecule has 0 saturated carbocycles. The number of amides is 1. The van der Waals surface area contributed by atoms with Gasteiger partial charge in [-0.05, 0) is 30.5 Å². The van der Waals surface area contributed by atoms with E-state index >= 15 is 0 Å². The highest BCUT2D eigenvalue weighted by atomic mass is 19.1. The third-order valence-corrected chi connectivity index (χ3v) is 2.63. The van der Waals surface area contributed by atoms with Crippen molar-refractivity contribution >= 4 is 12.0 Å². The molecule has 0 unspecified atom stereocenters. The normalized spacial score (nSPS) is 19.3. The van der Waals surface area contributed by atoms with Gasteiger partial charge in [-0.15, -0.1) is 0 Å². The third-order valence-electron chi connectivity index (χ3n) is 2.63.